The van der Waals surface area contributed by atoms with E-state index in [9.17, 15) is 4.79 Å². The van der Waals surface area contributed by atoms with E-state index in [2.05, 4.69) is 54.6 Å². The standard InChI is InChI=1S/C16H25N3O/c1-4-6-10-19(3)12-7-8-13-14(11-12)18-16(20)15(13)17-9-5-2/h7-8,11,15,17H,4-6,9-10H2,1-3H3,(H,18,20). The molecule has 1 atom stereocenters. The smallest absolute Gasteiger partial charge is 0.246 e. The average Bonchev–Trinajstić information content (AvgIpc) is 2.77. The van der Waals surface area contributed by atoms with Crippen molar-refractivity contribution in [1.82, 2.24) is 5.32 Å². The van der Waals surface area contributed by atoms with Crippen molar-refractivity contribution in [2.75, 3.05) is 30.4 Å². The first-order valence-corrected chi connectivity index (χ1v) is 7.56. The molecular weight excluding hydrogens is 250 g/mol. The van der Waals surface area contributed by atoms with E-state index in [-0.39, 0.29) is 11.9 Å². The van der Waals surface area contributed by atoms with Gasteiger partial charge < -0.3 is 15.5 Å². The Kier molecular flexibility index (Phi) is 5.01. The Morgan fingerprint density at radius 1 is 1.30 bits per heavy atom. The molecule has 2 rings (SSSR count). The van der Waals surface area contributed by atoms with Gasteiger partial charge in [0.15, 0.2) is 0 Å². The van der Waals surface area contributed by atoms with E-state index in [4.69, 9.17) is 0 Å². The molecule has 1 heterocycles. The highest BCUT2D eigenvalue weighted by molar-refractivity contribution is 6.03. The maximum atomic E-state index is 12.0. The highest BCUT2D eigenvalue weighted by Crippen LogP contribution is 2.33. The van der Waals surface area contributed by atoms with Crippen LogP contribution < -0.4 is 15.5 Å². The molecule has 2 N–H and O–H groups in total. The van der Waals surface area contributed by atoms with Crippen LogP contribution in [0.4, 0.5) is 11.4 Å². The van der Waals surface area contributed by atoms with Gasteiger partial charge in [0.25, 0.3) is 0 Å². The van der Waals surface area contributed by atoms with E-state index < -0.39 is 0 Å². The molecule has 0 spiro atoms. The first-order chi connectivity index (χ1) is 9.67. The van der Waals surface area contributed by atoms with Gasteiger partial charge in [0.05, 0.1) is 0 Å². The molecule has 20 heavy (non-hydrogen) atoms. The van der Waals surface area contributed by atoms with Gasteiger partial charge in [-0.1, -0.05) is 26.3 Å². The van der Waals surface area contributed by atoms with Crippen LogP contribution in [0.15, 0.2) is 18.2 Å². The summed E-state index contributed by atoms with van der Waals surface area (Å²) in [7, 11) is 2.10. The minimum atomic E-state index is -0.194. The van der Waals surface area contributed by atoms with Crippen molar-refractivity contribution >= 4 is 17.3 Å². The third kappa shape index (κ3) is 3.12. The van der Waals surface area contributed by atoms with Gasteiger partial charge in [-0.15, -0.1) is 0 Å². The molecule has 4 nitrogen and oxygen atoms in total. The van der Waals surface area contributed by atoms with Crippen LogP contribution in [0.2, 0.25) is 0 Å². The lowest BCUT2D eigenvalue weighted by Gasteiger charge is -2.20. The second-order valence-electron chi connectivity index (χ2n) is 5.42. The number of benzene rings is 1. The fourth-order valence-corrected chi connectivity index (χ4v) is 2.50. The van der Waals surface area contributed by atoms with Gasteiger partial charge in [-0.25, -0.2) is 0 Å². The Balaban J connectivity index is 2.13. The number of nitrogens with zero attached hydrogens (tertiary/aromatic N) is 1. The molecule has 1 aliphatic heterocycles. The van der Waals surface area contributed by atoms with Crippen LogP contribution in [0.3, 0.4) is 0 Å². The van der Waals surface area contributed by atoms with Crippen molar-refractivity contribution in [3.05, 3.63) is 23.8 Å². The first-order valence-electron chi connectivity index (χ1n) is 7.56. The molecule has 4 heteroatoms. The van der Waals surface area contributed by atoms with Crippen molar-refractivity contribution in [2.24, 2.45) is 0 Å². The second kappa shape index (κ2) is 6.75. The number of nitrogens with one attached hydrogen (secondary N) is 2. The minimum absolute atomic E-state index is 0.0572. The fraction of sp³-hybridized carbons (Fsp3) is 0.562. The minimum Gasteiger partial charge on any atom is -0.375 e. The highest BCUT2D eigenvalue weighted by atomic mass is 16.2. The molecule has 0 radical (unpaired) electrons. The van der Waals surface area contributed by atoms with Crippen LogP contribution in [0.1, 0.15) is 44.7 Å². The molecular formula is C16H25N3O. The van der Waals surface area contributed by atoms with Gasteiger partial charge >= 0.3 is 0 Å². The Labute approximate surface area is 121 Å². The zero-order valence-electron chi connectivity index (χ0n) is 12.7. The third-order valence-corrected chi connectivity index (χ3v) is 3.75. The second-order valence-corrected chi connectivity index (χ2v) is 5.42. The number of carbonyl (C=O) groups excluding carboxylic acids is 1. The maximum Gasteiger partial charge on any atom is 0.246 e. The summed E-state index contributed by atoms with van der Waals surface area (Å²) in [5, 5.41) is 6.27. The number of anilines is 2. The van der Waals surface area contributed by atoms with Crippen molar-refractivity contribution in [3.8, 4) is 0 Å². The van der Waals surface area contributed by atoms with Gasteiger partial charge in [0.1, 0.15) is 6.04 Å². The molecule has 1 aromatic rings. The van der Waals surface area contributed by atoms with Crippen LogP contribution in [0.25, 0.3) is 0 Å². The Hall–Kier alpha value is -1.55. The van der Waals surface area contributed by atoms with E-state index in [1.54, 1.807) is 0 Å². The van der Waals surface area contributed by atoms with Crippen LogP contribution >= 0.6 is 0 Å². The number of carbonyl (C=O) groups is 1. The number of amides is 1. The van der Waals surface area contributed by atoms with Crippen LogP contribution in [0.5, 0.6) is 0 Å². The summed E-state index contributed by atoms with van der Waals surface area (Å²) in [4.78, 5) is 14.2. The van der Waals surface area contributed by atoms with Crippen molar-refractivity contribution in [1.29, 1.82) is 0 Å². The topological polar surface area (TPSA) is 44.4 Å². The lowest BCUT2D eigenvalue weighted by Crippen LogP contribution is -2.27. The lowest BCUT2D eigenvalue weighted by atomic mass is 10.1. The van der Waals surface area contributed by atoms with Gasteiger partial charge in [-0.3, -0.25) is 4.79 Å². The molecule has 1 unspecified atom stereocenters. The van der Waals surface area contributed by atoms with E-state index in [0.717, 1.165) is 36.4 Å². The third-order valence-electron chi connectivity index (χ3n) is 3.75. The zero-order chi connectivity index (χ0) is 14.5. The monoisotopic (exact) mass is 275 g/mol. The zero-order valence-corrected chi connectivity index (χ0v) is 12.7. The summed E-state index contributed by atoms with van der Waals surface area (Å²) in [6, 6.07) is 6.06. The number of hydrogen-bond donors (Lipinski definition) is 2. The SMILES string of the molecule is CCCCN(C)c1ccc2c(c1)NC(=O)C2NCCC. The summed E-state index contributed by atoms with van der Waals surface area (Å²) < 4.78 is 0. The molecule has 110 valence electrons. The molecule has 1 aliphatic rings. The van der Waals surface area contributed by atoms with Crippen LogP contribution in [-0.4, -0.2) is 26.0 Å². The highest BCUT2D eigenvalue weighted by Gasteiger charge is 2.30. The Bertz CT molecular complexity index is 473. The molecule has 1 aromatic carbocycles. The Morgan fingerprint density at radius 3 is 2.80 bits per heavy atom. The lowest BCUT2D eigenvalue weighted by molar-refractivity contribution is -0.117. The van der Waals surface area contributed by atoms with Crippen molar-refractivity contribution in [2.45, 2.75) is 39.2 Å². The number of unbranched alkanes of at least 4 members (excludes halogenated alkanes) is 1. The van der Waals surface area contributed by atoms with Crippen LogP contribution in [-0.2, 0) is 4.79 Å². The molecule has 0 saturated carbocycles. The van der Waals surface area contributed by atoms with E-state index in [1.807, 2.05) is 0 Å². The normalized spacial score (nSPS) is 16.9. The Morgan fingerprint density at radius 2 is 2.10 bits per heavy atom. The molecule has 0 aliphatic carbocycles. The number of fused-ring (bicyclic) bond motifs is 1. The summed E-state index contributed by atoms with van der Waals surface area (Å²) in [6.07, 6.45) is 3.40. The van der Waals surface area contributed by atoms with Gasteiger partial charge in [0.2, 0.25) is 5.91 Å². The largest absolute Gasteiger partial charge is 0.375 e. The van der Waals surface area contributed by atoms with E-state index >= 15 is 0 Å². The summed E-state index contributed by atoms with van der Waals surface area (Å²) >= 11 is 0. The predicted molar refractivity (Wildman–Crippen MR) is 84.3 cm³/mol. The average molecular weight is 275 g/mol. The quantitative estimate of drug-likeness (QED) is 0.804. The number of rotatable bonds is 7. The van der Waals surface area contributed by atoms with Crippen molar-refractivity contribution in [3.63, 3.8) is 0 Å². The molecule has 0 saturated heterocycles. The van der Waals surface area contributed by atoms with E-state index in [1.165, 1.54) is 12.8 Å². The van der Waals surface area contributed by atoms with Gasteiger partial charge in [0, 0.05) is 30.5 Å². The predicted octanol–water partition coefficient (Wildman–Crippen LogP) is 2.92. The molecule has 0 bridgehead atoms. The van der Waals surface area contributed by atoms with Crippen LogP contribution in [0, 0.1) is 0 Å². The summed E-state index contributed by atoms with van der Waals surface area (Å²) in [5.41, 5.74) is 3.18. The van der Waals surface area contributed by atoms with E-state index in [0.29, 0.717) is 0 Å². The summed E-state index contributed by atoms with van der Waals surface area (Å²) in [6.45, 7) is 6.20. The first kappa shape index (κ1) is 14.9. The van der Waals surface area contributed by atoms with Crippen molar-refractivity contribution < 1.29 is 4.79 Å². The molecule has 0 fully saturated rings. The fourth-order valence-electron chi connectivity index (χ4n) is 2.50. The molecule has 1 amide bonds. The maximum absolute atomic E-state index is 12.0. The molecule has 0 aromatic heterocycles. The number of hydrogen-bond acceptors (Lipinski definition) is 3. The van der Waals surface area contributed by atoms with Gasteiger partial charge in [-0.05, 0) is 31.5 Å². The summed E-state index contributed by atoms with van der Waals surface area (Å²) in [5.74, 6) is 0.0572. The van der Waals surface area contributed by atoms with Gasteiger partial charge in [-0.2, -0.15) is 0 Å².